The summed E-state index contributed by atoms with van der Waals surface area (Å²) in [6, 6.07) is -0.388. The molecule has 0 heterocycles. The lowest BCUT2D eigenvalue weighted by atomic mass is 10.3. The molecule has 7 heteroatoms. The first-order chi connectivity index (χ1) is 8.56. The van der Waals surface area contributed by atoms with Crippen LogP contribution in [-0.2, 0) is 9.53 Å². The Labute approximate surface area is 107 Å². The molecule has 3 N–H and O–H groups in total. The number of aliphatic hydroxyl groups excluding tert-OH is 1. The number of amides is 2. The molecule has 7 nitrogen and oxygen atoms in total. The average Bonchev–Trinajstić information content (AvgIpc) is 2.34. The Morgan fingerprint density at radius 1 is 1.39 bits per heavy atom. The second-order valence-corrected chi connectivity index (χ2v) is 3.81. The zero-order chi connectivity index (χ0) is 14.0. The van der Waals surface area contributed by atoms with Crippen LogP contribution in [-0.4, -0.2) is 66.6 Å². The van der Waals surface area contributed by atoms with Gasteiger partial charge in [0, 0.05) is 20.2 Å². The highest BCUT2D eigenvalue weighted by molar-refractivity contribution is 5.77. The molecule has 0 aliphatic rings. The molecule has 2 amide bonds. The monoisotopic (exact) mass is 262 g/mol. The zero-order valence-electron chi connectivity index (χ0n) is 10.9. The number of unbranched alkanes of at least 4 members (excludes halogenated alkanes) is 1. The number of aliphatic carboxylic acids is 1. The van der Waals surface area contributed by atoms with Gasteiger partial charge in [0.05, 0.1) is 13.2 Å². The van der Waals surface area contributed by atoms with E-state index in [2.05, 4.69) is 5.32 Å². The number of carbonyl (C=O) groups is 2. The predicted octanol–water partition coefficient (Wildman–Crippen LogP) is -0.110. The van der Waals surface area contributed by atoms with Crippen molar-refractivity contribution in [2.24, 2.45) is 0 Å². The number of hydrogen-bond donors (Lipinski definition) is 3. The number of aliphatic hydroxyl groups is 1. The minimum absolute atomic E-state index is 0.0985. The molecule has 0 bridgehead atoms. The summed E-state index contributed by atoms with van der Waals surface area (Å²) in [5, 5.41) is 20.1. The van der Waals surface area contributed by atoms with Crippen molar-refractivity contribution in [2.45, 2.75) is 25.9 Å². The number of methoxy groups -OCH3 is 1. The molecule has 0 spiro atoms. The third-order valence-electron chi connectivity index (χ3n) is 2.44. The van der Waals surface area contributed by atoms with Gasteiger partial charge in [-0.25, -0.2) is 9.59 Å². The van der Waals surface area contributed by atoms with Gasteiger partial charge in [-0.2, -0.15) is 0 Å². The summed E-state index contributed by atoms with van der Waals surface area (Å²) >= 11 is 0. The Morgan fingerprint density at radius 2 is 2.06 bits per heavy atom. The maximum Gasteiger partial charge on any atom is 0.334 e. The van der Waals surface area contributed by atoms with Crippen LogP contribution >= 0.6 is 0 Å². The van der Waals surface area contributed by atoms with Gasteiger partial charge in [-0.1, -0.05) is 13.3 Å². The highest BCUT2D eigenvalue weighted by atomic mass is 16.5. The van der Waals surface area contributed by atoms with E-state index >= 15 is 0 Å². The Morgan fingerprint density at radius 3 is 2.50 bits per heavy atom. The number of carbonyl (C=O) groups excluding carboxylic acids is 1. The number of rotatable bonds is 9. The molecule has 0 fully saturated rings. The van der Waals surface area contributed by atoms with Crippen molar-refractivity contribution in [1.29, 1.82) is 0 Å². The van der Waals surface area contributed by atoms with Gasteiger partial charge < -0.3 is 25.2 Å². The molecule has 0 aromatic heterocycles. The molecule has 1 atom stereocenters. The van der Waals surface area contributed by atoms with Gasteiger partial charge in [-0.05, 0) is 6.42 Å². The summed E-state index contributed by atoms with van der Waals surface area (Å²) in [5.74, 6) is -1.12. The third-order valence-corrected chi connectivity index (χ3v) is 2.44. The van der Waals surface area contributed by atoms with Crippen LogP contribution < -0.4 is 5.32 Å². The van der Waals surface area contributed by atoms with Crippen LogP contribution in [0.2, 0.25) is 0 Å². The van der Waals surface area contributed by atoms with Gasteiger partial charge in [0.15, 0.2) is 6.10 Å². The lowest BCUT2D eigenvalue weighted by Crippen LogP contribution is -2.46. The molecule has 0 aliphatic carbocycles. The van der Waals surface area contributed by atoms with Crippen LogP contribution in [0.15, 0.2) is 0 Å². The molecule has 0 aliphatic heterocycles. The molecule has 0 radical (unpaired) electrons. The summed E-state index contributed by atoms with van der Waals surface area (Å²) in [6.07, 6.45) is 0.710. The first-order valence-corrected chi connectivity index (χ1v) is 5.96. The standard InChI is InChI=1S/C11H22N2O5/c1-3-4-5-13(6-7-14)11(17)12-8-9(18-2)10(15)16/h9,14H,3-8H2,1-2H3,(H,12,17)(H,15,16). The van der Waals surface area contributed by atoms with Crippen molar-refractivity contribution in [3.63, 3.8) is 0 Å². The van der Waals surface area contributed by atoms with Crippen molar-refractivity contribution < 1.29 is 24.5 Å². The number of ether oxygens (including phenoxy) is 1. The highest BCUT2D eigenvalue weighted by Gasteiger charge is 2.19. The van der Waals surface area contributed by atoms with Crippen LogP contribution in [0.4, 0.5) is 4.79 Å². The molecule has 0 aromatic carbocycles. The number of hydrogen-bond acceptors (Lipinski definition) is 4. The van der Waals surface area contributed by atoms with Gasteiger partial charge >= 0.3 is 12.0 Å². The molecule has 1 unspecified atom stereocenters. The van der Waals surface area contributed by atoms with Crippen LogP contribution in [0.1, 0.15) is 19.8 Å². The van der Waals surface area contributed by atoms with Crippen molar-refractivity contribution in [3.05, 3.63) is 0 Å². The zero-order valence-corrected chi connectivity index (χ0v) is 10.9. The molecule has 0 rings (SSSR count). The number of carboxylic acid groups (broad SMARTS) is 1. The maximum absolute atomic E-state index is 11.7. The quantitative estimate of drug-likeness (QED) is 0.538. The summed E-state index contributed by atoms with van der Waals surface area (Å²) < 4.78 is 4.70. The summed E-state index contributed by atoms with van der Waals surface area (Å²) in [7, 11) is 1.27. The molecule has 0 aromatic rings. The van der Waals surface area contributed by atoms with Gasteiger partial charge in [-0.15, -0.1) is 0 Å². The predicted molar refractivity (Wildman–Crippen MR) is 65.4 cm³/mol. The average molecular weight is 262 g/mol. The Balaban J connectivity index is 4.19. The fourth-order valence-electron chi connectivity index (χ4n) is 1.35. The lowest BCUT2D eigenvalue weighted by Gasteiger charge is -2.22. The highest BCUT2D eigenvalue weighted by Crippen LogP contribution is 1.96. The second-order valence-electron chi connectivity index (χ2n) is 3.81. The fourth-order valence-corrected chi connectivity index (χ4v) is 1.35. The van der Waals surface area contributed by atoms with Crippen molar-refractivity contribution in [3.8, 4) is 0 Å². The first-order valence-electron chi connectivity index (χ1n) is 5.96. The normalized spacial score (nSPS) is 11.9. The number of carboxylic acids is 1. The van der Waals surface area contributed by atoms with Crippen LogP contribution in [0, 0.1) is 0 Å². The van der Waals surface area contributed by atoms with E-state index in [1.807, 2.05) is 6.92 Å². The van der Waals surface area contributed by atoms with Crippen molar-refractivity contribution >= 4 is 12.0 Å². The fraction of sp³-hybridized carbons (Fsp3) is 0.818. The lowest BCUT2D eigenvalue weighted by molar-refractivity contribution is -0.148. The second kappa shape index (κ2) is 9.67. The summed E-state index contributed by atoms with van der Waals surface area (Å²) in [4.78, 5) is 23.9. The van der Waals surface area contributed by atoms with Crippen molar-refractivity contribution in [1.82, 2.24) is 10.2 Å². The van der Waals surface area contributed by atoms with E-state index in [0.29, 0.717) is 6.54 Å². The van der Waals surface area contributed by atoms with E-state index in [-0.39, 0.29) is 25.7 Å². The van der Waals surface area contributed by atoms with Gasteiger partial charge in [0.1, 0.15) is 0 Å². The van der Waals surface area contributed by atoms with E-state index in [1.54, 1.807) is 0 Å². The number of nitrogens with zero attached hydrogens (tertiary/aromatic N) is 1. The molecular weight excluding hydrogens is 240 g/mol. The summed E-state index contributed by atoms with van der Waals surface area (Å²) in [5.41, 5.74) is 0. The van der Waals surface area contributed by atoms with Crippen molar-refractivity contribution in [2.75, 3.05) is 33.4 Å². The molecule has 106 valence electrons. The minimum Gasteiger partial charge on any atom is -0.479 e. The van der Waals surface area contributed by atoms with Gasteiger partial charge in [0.2, 0.25) is 0 Å². The van der Waals surface area contributed by atoms with Crippen LogP contribution in [0.5, 0.6) is 0 Å². The molecule has 0 saturated heterocycles. The largest absolute Gasteiger partial charge is 0.479 e. The molecular formula is C11H22N2O5. The topological polar surface area (TPSA) is 99.1 Å². The van der Waals surface area contributed by atoms with E-state index < -0.39 is 12.1 Å². The van der Waals surface area contributed by atoms with E-state index in [1.165, 1.54) is 12.0 Å². The minimum atomic E-state index is -1.12. The first kappa shape index (κ1) is 16.7. The Hall–Kier alpha value is -1.34. The summed E-state index contributed by atoms with van der Waals surface area (Å²) in [6.45, 7) is 2.55. The maximum atomic E-state index is 11.7. The Kier molecular flexibility index (Phi) is 8.95. The smallest absolute Gasteiger partial charge is 0.334 e. The van der Waals surface area contributed by atoms with Crippen LogP contribution in [0.25, 0.3) is 0 Å². The number of urea groups is 1. The van der Waals surface area contributed by atoms with E-state index in [9.17, 15) is 9.59 Å². The molecule has 0 saturated carbocycles. The number of nitrogens with one attached hydrogen (secondary N) is 1. The van der Waals surface area contributed by atoms with E-state index in [0.717, 1.165) is 12.8 Å². The Bertz CT molecular complexity index is 260. The van der Waals surface area contributed by atoms with E-state index in [4.69, 9.17) is 14.9 Å². The van der Waals surface area contributed by atoms with Crippen LogP contribution in [0.3, 0.4) is 0 Å². The molecule has 18 heavy (non-hydrogen) atoms. The third kappa shape index (κ3) is 6.41. The SMILES string of the molecule is CCCCN(CCO)C(=O)NCC(OC)C(=O)O. The van der Waals surface area contributed by atoms with Gasteiger partial charge in [0.25, 0.3) is 0 Å². The van der Waals surface area contributed by atoms with Gasteiger partial charge in [-0.3, -0.25) is 0 Å².